The Morgan fingerprint density at radius 1 is 0.971 bits per heavy atom. The molecular formula is C26H40IN7. The van der Waals surface area contributed by atoms with Gasteiger partial charge in [-0.3, -0.25) is 9.89 Å². The summed E-state index contributed by atoms with van der Waals surface area (Å²) < 4.78 is 0. The zero-order valence-electron chi connectivity index (χ0n) is 20.6. The number of aromatic nitrogens is 1. The molecule has 34 heavy (non-hydrogen) atoms. The number of hydrogen-bond donors (Lipinski definition) is 2. The Kier molecular flexibility index (Phi) is 10.9. The van der Waals surface area contributed by atoms with E-state index in [-0.39, 0.29) is 24.0 Å². The Morgan fingerprint density at radius 3 is 2.32 bits per heavy atom. The molecule has 1 unspecified atom stereocenters. The molecule has 0 spiro atoms. The summed E-state index contributed by atoms with van der Waals surface area (Å²) in [4.78, 5) is 16.6. The normalized spacial score (nSPS) is 18.4. The standard InChI is InChI=1S/C26H39N7.HI/c1-3-31-15-17-33(18-16-31)25-12-11-22(19-28-25)20-29-26(27-2)30-21-24(32-13-7-8-14-32)23-9-5-4-6-10-23;/h4-6,9-12,19,24H,3,7-8,13-18,20-21H2,1-2H3,(H2,27,29,30);1H. The average Bonchev–Trinajstić information content (AvgIpc) is 3.42. The van der Waals surface area contributed by atoms with Gasteiger partial charge in [-0.15, -0.1) is 24.0 Å². The second-order valence-corrected chi connectivity index (χ2v) is 8.92. The first kappa shape index (κ1) is 26.7. The molecule has 4 rings (SSSR count). The molecule has 2 saturated heterocycles. The summed E-state index contributed by atoms with van der Waals surface area (Å²) >= 11 is 0. The van der Waals surface area contributed by atoms with Crippen molar-refractivity contribution in [3.63, 3.8) is 0 Å². The van der Waals surface area contributed by atoms with Gasteiger partial charge >= 0.3 is 0 Å². The fourth-order valence-electron chi connectivity index (χ4n) is 4.79. The molecule has 186 valence electrons. The molecule has 2 N–H and O–H groups in total. The molecule has 0 amide bonds. The molecule has 2 fully saturated rings. The lowest BCUT2D eigenvalue weighted by Gasteiger charge is -2.34. The lowest BCUT2D eigenvalue weighted by molar-refractivity contribution is 0.245. The lowest BCUT2D eigenvalue weighted by atomic mass is 10.1. The van der Waals surface area contributed by atoms with Gasteiger partial charge in [-0.2, -0.15) is 0 Å². The second-order valence-electron chi connectivity index (χ2n) is 8.92. The van der Waals surface area contributed by atoms with E-state index in [4.69, 9.17) is 4.98 Å². The van der Waals surface area contributed by atoms with Crippen molar-refractivity contribution in [2.75, 3.05) is 64.3 Å². The van der Waals surface area contributed by atoms with Crippen molar-refractivity contribution >= 4 is 35.8 Å². The number of likely N-dealkylation sites (tertiary alicyclic amines) is 1. The number of hydrogen-bond acceptors (Lipinski definition) is 5. The summed E-state index contributed by atoms with van der Waals surface area (Å²) in [6, 6.07) is 15.5. The molecule has 1 atom stereocenters. The van der Waals surface area contributed by atoms with Crippen molar-refractivity contribution in [2.24, 2.45) is 4.99 Å². The topological polar surface area (TPSA) is 59.0 Å². The fraction of sp³-hybridized carbons (Fsp3) is 0.538. The molecule has 3 heterocycles. The first-order chi connectivity index (χ1) is 16.3. The van der Waals surface area contributed by atoms with Gasteiger partial charge in [0.1, 0.15) is 5.82 Å². The van der Waals surface area contributed by atoms with Gasteiger partial charge in [0.15, 0.2) is 5.96 Å². The monoisotopic (exact) mass is 577 g/mol. The van der Waals surface area contributed by atoms with Crippen LogP contribution < -0.4 is 15.5 Å². The highest BCUT2D eigenvalue weighted by molar-refractivity contribution is 14.0. The van der Waals surface area contributed by atoms with Crippen molar-refractivity contribution in [1.82, 2.24) is 25.4 Å². The van der Waals surface area contributed by atoms with Crippen LogP contribution in [0, 0.1) is 0 Å². The van der Waals surface area contributed by atoms with E-state index in [1.165, 1.54) is 31.5 Å². The predicted octanol–water partition coefficient (Wildman–Crippen LogP) is 3.34. The van der Waals surface area contributed by atoms with E-state index in [9.17, 15) is 0 Å². The molecule has 0 aliphatic carbocycles. The number of pyridine rings is 1. The Balaban J connectivity index is 0.00000324. The molecule has 2 aliphatic rings. The van der Waals surface area contributed by atoms with Crippen LogP contribution in [0.3, 0.4) is 0 Å². The number of guanidine groups is 1. The summed E-state index contributed by atoms with van der Waals surface area (Å²) in [5.41, 5.74) is 2.52. The van der Waals surface area contributed by atoms with Gasteiger partial charge in [-0.1, -0.05) is 43.3 Å². The number of piperazine rings is 1. The highest BCUT2D eigenvalue weighted by atomic mass is 127. The van der Waals surface area contributed by atoms with E-state index >= 15 is 0 Å². The Bertz CT molecular complexity index is 860. The summed E-state index contributed by atoms with van der Waals surface area (Å²) in [6.45, 7) is 11.6. The van der Waals surface area contributed by atoms with E-state index in [0.29, 0.717) is 12.6 Å². The molecule has 2 aromatic rings. The van der Waals surface area contributed by atoms with Crippen molar-refractivity contribution in [1.29, 1.82) is 0 Å². The fourth-order valence-corrected chi connectivity index (χ4v) is 4.79. The number of rotatable bonds is 8. The summed E-state index contributed by atoms with van der Waals surface area (Å²) in [6.07, 6.45) is 4.56. The number of nitrogens with zero attached hydrogens (tertiary/aromatic N) is 5. The van der Waals surface area contributed by atoms with Crippen molar-refractivity contribution in [3.05, 3.63) is 59.8 Å². The minimum absolute atomic E-state index is 0. The van der Waals surface area contributed by atoms with Gasteiger partial charge < -0.3 is 20.4 Å². The van der Waals surface area contributed by atoms with E-state index < -0.39 is 0 Å². The van der Waals surface area contributed by atoms with Crippen LogP contribution in [-0.2, 0) is 6.54 Å². The van der Waals surface area contributed by atoms with Gasteiger partial charge in [0.2, 0.25) is 0 Å². The van der Waals surface area contributed by atoms with Crippen LogP contribution in [0.2, 0.25) is 0 Å². The van der Waals surface area contributed by atoms with E-state index in [1.54, 1.807) is 0 Å². The molecule has 0 radical (unpaired) electrons. The molecular weight excluding hydrogens is 537 g/mol. The van der Waals surface area contributed by atoms with Crippen molar-refractivity contribution < 1.29 is 0 Å². The van der Waals surface area contributed by atoms with E-state index in [0.717, 1.165) is 56.6 Å². The van der Waals surface area contributed by atoms with Crippen LogP contribution in [0.5, 0.6) is 0 Å². The average molecular weight is 578 g/mol. The van der Waals surface area contributed by atoms with Gasteiger partial charge in [0.25, 0.3) is 0 Å². The SMILES string of the molecule is CCN1CCN(c2ccc(CNC(=NC)NCC(c3ccccc3)N3CCCC3)cn2)CC1.I. The molecule has 8 heteroatoms. The minimum Gasteiger partial charge on any atom is -0.354 e. The smallest absolute Gasteiger partial charge is 0.191 e. The van der Waals surface area contributed by atoms with E-state index in [2.05, 4.69) is 79.7 Å². The second kappa shape index (κ2) is 13.8. The minimum atomic E-state index is 0. The third-order valence-corrected chi connectivity index (χ3v) is 6.86. The van der Waals surface area contributed by atoms with Crippen LogP contribution in [0.25, 0.3) is 0 Å². The largest absolute Gasteiger partial charge is 0.354 e. The van der Waals surface area contributed by atoms with Crippen LogP contribution in [0.15, 0.2) is 53.7 Å². The van der Waals surface area contributed by atoms with Gasteiger partial charge in [0.05, 0.1) is 6.04 Å². The molecule has 1 aromatic heterocycles. The van der Waals surface area contributed by atoms with Crippen molar-refractivity contribution in [3.8, 4) is 0 Å². The number of anilines is 1. The maximum absolute atomic E-state index is 4.72. The van der Waals surface area contributed by atoms with Gasteiger partial charge in [-0.25, -0.2) is 4.98 Å². The van der Waals surface area contributed by atoms with Gasteiger partial charge in [-0.05, 0) is 49.7 Å². The Labute approximate surface area is 222 Å². The number of aliphatic imine (C=N–C) groups is 1. The number of halogens is 1. The van der Waals surface area contributed by atoms with Crippen molar-refractivity contribution in [2.45, 2.75) is 32.4 Å². The lowest BCUT2D eigenvalue weighted by Crippen LogP contribution is -2.46. The predicted molar refractivity (Wildman–Crippen MR) is 152 cm³/mol. The number of benzene rings is 1. The summed E-state index contributed by atoms with van der Waals surface area (Å²) in [5, 5.41) is 7.01. The third-order valence-electron chi connectivity index (χ3n) is 6.86. The number of nitrogens with one attached hydrogen (secondary N) is 2. The summed E-state index contributed by atoms with van der Waals surface area (Å²) in [5.74, 6) is 1.91. The quantitative estimate of drug-likeness (QED) is 0.285. The van der Waals surface area contributed by atoms with Gasteiger partial charge in [0, 0.05) is 52.5 Å². The molecule has 0 bridgehead atoms. The first-order valence-electron chi connectivity index (χ1n) is 12.4. The first-order valence-corrected chi connectivity index (χ1v) is 12.4. The maximum atomic E-state index is 4.72. The zero-order valence-corrected chi connectivity index (χ0v) is 22.9. The van der Waals surface area contributed by atoms with E-state index in [1.807, 2.05) is 13.2 Å². The van der Waals surface area contributed by atoms with Crippen LogP contribution in [0.1, 0.15) is 36.9 Å². The number of likely N-dealkylation sites (N-methyl/N-ethyl adjacent to an activating group) is 1. The molecule has 2 aliphatic heterocycles. The maximum Gasteiger partial charge on any atom is 0.191 e. The molecule has 7 nitrogen and oxygen atoms in total. The highest BCUT2D eigenvalue weighted by Gasteiger charge is 2.23. The molecule has 1 aromatic carbocycles. The third kappa shape index (κ3) is 7.29. The highest BCUT2D eigenvalue weighted by Crippen LogP contribution is 2.24. The summed E-state index contributed by atoms with van der Waals surface area (Å²) in [7, 11) is 1.83. The van der Waals surface area contributed by atoms with Crippen LogP contribution in [-0.4, -0.2) is 80.1 Å². The zero-order chi connectivity index (χ0) is 22.9. The Hall–Kier alpha value is -1.91. The molecule has 0 saturated carbocycles. The van der Waals surface area contributed by atoms with Crippen LogP contribution >= 0.6 is 24.0 Å². The van der Waals surface area contributed by atoms with Crippen LogP contribution in [0.4, 0.5) is 5.82 Å². The Morgan fingerprint density at radius 2 is 1.71 bits per heavy atom.